The Labute approximate surface area is 100 Å². The number of morpholine rings is 1. The summed E-state index contributed by atoms with van der Waals surface area (Å²) >= 11 is 0. The molecule has 1 heterocycles. The van der Waals surface area contributed by atoms with E-state index in [2.05, 4.69) is 46.4 Å². The van der Waals surface area contributed by atoms with E-state index < -0.39 is 0 Å². The molecule has 1 saturated heterocycles. The van der Waals surface area contributed by atoms with Crippen molar-refractivity contribution in [2.45, 2.75) is 58.8 Å². The second kappa shape index (κ2) is 5.03. The Balaban J connectivity index is 2.32. The maximum absolute atomic E-state index is 5.87. The molecule has 3 heteroatoms. The van der Waals surface area contributed by atoms with Gasteiger partial charge in [0, 0.05) is 19.6 Å². The Hall–Kier alpha value is -0.120. The molecule has 0 radical (unpaired) electrons. The normalized spacial score (nSPS) is 27.0. The van der Waals surface area contributed by atoms with Crippen LogP contribution < -0.4 is 0 Å². The van der Waals surface area contributed by atoms with E-state index in [0.29, 0.717) is 6.10 Å². The summed E-state index contributed by atoms with van der Waals surface area (Å²) in [5.74, 6) is 0. The van der Waals surface area contributed by atoms with E-state index in [1.165, 1.54) is 0 Å². The van der Waals surface area contributed by atoms with Crippen LogP contribution in [0, 0.1) is 0 Å². The van der Waals surface area contributed by atoms with Crippen molar-refractivity contribution in [3.63, 3.8) is 0 Å². The maximum Gasteiger partial charge on any atom is 0.0757 e. The van der Waals surface area contributed by atoms with Crippen LogP contribution in [-0.2, 0) is 9.47 Å². The molecule has 0 saturated carbocycles. The molecule has 0 spiro atoms. The minimum Gasteiger partial charge on any atom is -0.375 e. The number of hydrogen-bond acceptors (Lipinski definition) is 3. The minimum absolute atomic E-state index is 0.0284. The van der Waals surface area contributed by atoms with E-state index in [-0.39, 0.29) is 11.2 Å². The van der Waals surface area contributed by atoms with Gasteiger partial charge in [-0.15, -0.1) is 0 Å². The maximum atomic E-state index is 5.87. The smallest absolute Gasteiger partial charge is 0.0757 e. The molecule has 1 aliphatic heterocycles. The summed E-state index contributed by atoms with van der Waals surface area (Å²) in [6.45, 7) is 16.5. The molecule has 1 atom stereocenters. The van der Waals surface area contributed by atoms with E-state index >= 15 is 0 Å². The summed E-state index contributed by atoms with van der Waals surface area (Å²) in [5, 5.41) is 0. The van der Waals surface area contributed by atoms with Crippen molar-refractivity contribution in [1.82, 2.24) is 4.90 Å². The average molecular weight is 229 g/mol. The van der Waals surface area contributed by atoms with Gasteiger partial charge >= 0.3 is 0 Å². The molecule has 0 aliphatic carbocycles. The third-order valence-corrected chi connectivity index (χ3v) is 2.58. The van der Waals surface area contributed by atoms with Gasteiger partial charge in [-0.25, -0.2) is 0 Å². The van der Waals surface area contributed by atoms with Gasteiger partial charge in [0.2, 0.25) is 0 Å². The SMILES string of the molecule is C[C@@H]1CN(CCOC(C)(C)C)CC(C)(C)O1. The van der Waals surface area contributed by atoms with Gasteiger partial charge in [0.15, 0.2) is 0 Å². The molecule has 96 valence electrons. The summed E-state index contributed by atoms with van der Waals surface area (Å²) in [6.07, 6.45) is 0.318. The van der Waals surface area contributed by atoms with Crippen LogP contribution >= 0.6 is 0 Å². The van der Waals surface area contributed by atoms with Gasteiger partial charge in [-0.05, 0) is 41.5 Å². The molecular formula is C13H27NO2. The molecule has 0 aromatic rings. The van der Waals surface area contributed by atoms with Gasteiger partial charge in [-0.3, -0.25) is 4.90 Å². The molecule has 0 unspecified atom stereocenters. The van der Waals surface area contributed by atoms with E-state index in [4.69, 9.17) is 9.47 Å². The second-order valence-corrected chi connectivity index (χ2v) is 6.38. The molecular weight excluding hydrogens is 202 g/mol. The molecule has 0 amide bonds. The van der Waals surface area contributed by atoms with Crippen molar-refractivity contribution in [2.75, 3.05) is 26.2 Å². The van der Waals surface area contributed by atoms with Crippen LogP contribution in [-0.4, -0.2) is 48.4 Å². The number of nitrogens with zero attached hydrogens (tertiary/aromatic N) is 1. The van der Waals surface area contributed by atoms with Crippen molar-refractivity contribution in [2.24, 2.45) is 0 Å². The lowest BCUT2D eigenvalue weighted by atomic mass is 10.1. The predicted molar refractivity (Wildman–Crippen MR) is 66.8 cm³/mol. The first-order valence-electron chi connectivity index (χ1n) is 6.22. The highest BCUT2D eigenvalue weighted by Gasteiger charge is 2.30. The van der Waals surface area contributed by atoms with Crippen molar-refractivity contribution in [1.29, 1.82) is 0 Å². The van der Waals surface area contributed by atoms with Crippen LogP contribution in [0.4, 0.5) is 0 Å². The zero-order valence-corrected chi connectivity index (χ0v) is 11.7. The van der Waals surface area contributed by atoms with Gasteiger partial charge < -0.3 is 9.47 Å². The molecule has 0 aromatic carbocycles. The van der Waals surface area contributed by atoms with E-state index in [1.807, 2.05) is 0 Å². The van der Waals surface area contributed by atoms with Crippen LogP contribution in [0.25, 0.3) is 0 Å². The van der Waals surface area contributed by atoms with Gasteiger partial charge in [-0.1, -0.05) is 0 Å². The molecule has 0 N–H and O–H groups in total. The highest BCUT2D eigenvalue weighted by atomic mass is 16.5. The van der Waals surface area contributed by atoms with Crippen LogP contribution in [0.15, 0.2) is 0 Å². The zero-order chi connectivity index (χ0) is 12.4. The zero-order valence-electron chi connectivity index (χ0n) is 11.7. The average Bonchev–Trinajstić information content (AvgIpc) is 1.96. The quantitative estimate of drug-likeness (QED) is 0.741. The Morgan fingerprint density at radius 2 is 2.00 bits per heavy atom. The first-order chi connectivity index (χ1) is 7.18. The fourth-order valence-corrected chi connectivity index (χ4v) is 2.24. The highest BCUT2D eigenvalue weighted by molar-refractivity contribution is 4.82. The molecule has 1 aliphatic rings. The number of hydrogen-bond donors (Lipinski definition) is 0. The van der Waals surface area contributed by atoms with Crippen LogP contribution in [0.1, 0.15) is 41.5 Å². The Morgan fingerprint density at radius 3 is 2.50 bits per heavy atom. The Morgan fingerprint density at radius 1 is 1.38 bits per heavy atom. The van der Waals surface area contributed by atoms with E-state index in [1.54, 1.807) is 0 Å². The lowest BCUT2D eigenvalue weighted by Gasteiger charge is -2.41. The summed E-state index contributed by atoms with van der Waals surface area (Å²) < 4.78 is 11.6. The lowest BCUT2D eigenvalue weighted by Crippen LogP contribution is -2.52. The Bertz CT molecular complexity index is 220. The first-order valence-corrected chi connectivity index (χ1v) is 6.22. The third-order valence-electron chi connectivity index (χ3n) is 2.58. The molecule has 0 bridgehead atoms. The van der Waals surface area contributed by atoms with Crippen molar-refractivity contribution < 1.29 is 9.47 Å². The van der Waals surface area contributed by atoms with Crippen LogP contribution in [0.2, 0.25) is 0 Å². The van der Waals surface area contributed by atoms with Crippen molar-refractivity contribution in [3.8, 4) is 0 Å². The minimum atomic E-state index is -0.0343. The first kappa shape index (κ1) is 13.9. The van der Waals surface area contributed by atoms with Gasteiger partial charge in [-0.2, -0.15) is 0 Å². The molecule has 3 nitrogen and oxygen atoms in total. The fourth-order valence-electron chi connectivity index (χ4n) is 2.24. The predicted octanol–water partition coefficient (Wildman–Crippen LogP) is 2.30. The number of rotatable bonds is 3. The highest BCUT2D eigenvalue weighted by Crippen LogP contribution is 2.20. The fraction of sp³-hybridized carbons (Fsp3) is 1.00. The number of ether oxygens (including phenoxy) is 2. The van der Waals surface area contributed by atoms with Gasteiger partial charge in [0.05, 0.1) is 23.9 Å². The molecule has 1 rings (SSSR count). The van der Waals surface area contributed by atoms with E-state index in [0.717, 1.165) is 26.2 Å². The van der Waals surface area contributed by atoms with Crippen molar-refractivity contribution >= 4 is 0 Å². The van der Waals surface area contributed by atoms with E-state index in [9.17, 15) is 0 Å². The van der Waals surface area contributed by atoms with Gasteiger partial charge in [0.1, 0.15) is 0 Å². The third kappa shape index (κ3) is 5.28. The molecule has 0 aromatic heterocycles. The molecule has 1 fully saturated rings. The summed E-state index contributed by atoms with van der Waals surface area (Å²) in [4.78, 5) is 2.43. The van der Waals surface area contributed by atoms with Gasteiger partial charge in [0.25, 0.3) is 0 Å². The largest absolute Gasteiger partial charge is 0.375 e. The molecule has 16 heavy (non-hydrogen) atoms. The van der Waals surface area contributed by atoms with Crippen LogP contribution in [0.5, 0.6) is 0 Å². The summed E-state index contributed by atoms with van der Waals surface area (Å²) in [5.41, 5.74) is -0.0627. The lowest BCUT2D eigenvalue weighted by molar-refractivity contribution is -0.134. The monoisotopic (exact) mass is 229 g/mol. The topological polar surface area (TPSA) is 21.7 Å². The standard InChI is InChI=1S/C13H27NO2/c1-11-9-14(10-13(5,6)16-11)7-8-15-12(2,3)4/h11H,7-10H2,1-6H3/t11-/m1/s1. The van der Waals surface area contributed by atoms with Crippen molar-refractivity contribution in [3.05, 3.63) is 0 Å². The Kier molecular flexibility index (Phi) is 4.38. The second-order valence-electron chi connectivity index (χ2n) is 6.38. The van der Waals surface area contributed by atoms with Crippen LogP contribution in [0.3, 0.4) is 0 Å². The summed E-state index contributed by atoms with van der Waals surface area (Å²) in [6, 6.07) is 0. The summed E-state index contributed by atoms with van der Waals surface area (Å²) in [7, 11) is 0.